The lowest BCUT2D eigenvalue weighted by Gasteiger charge is -2.36. The first-order valence-electron chi connectivity index (χ1n) is 11.1. The van der Waals surface area contributed by atoms with E-state index in [1.807, 2.05) is 19.1 Å². The second kappa shape index (κ2) is 9.98. The van der Waals surface area contributed by atoms with Gasteiger partial charge in [-0.15, -0.1) is 0 Å². The molecule has 0 radical (unpaired) electrons. The average molecular weight is 412 g/mol. The van der Waals surface area contributed by atoms with Crippen LogP contribution < -0.4 is 10.1 Å². The van der Waals surface area contributed by atoms with Crippen molar-refractivity contribution in [2.45, 2.75) is 52.3 Å². The summed E-state index contributed by atoms with van der Waals surface area (Å²) in [5.74, 6) is 2.83. The van der Waals surface area contributed by atoms with Crippen LogP contribution in [0.3, 0.4) is 0 Å². The molecule has 0 bridgehead atoms. The third-order valence-electron chi connectivity index (χ3n) is 5.79. The summed E-state index contributed by atoms with van der Waals surface area (Å²) in [5, 5.41) is 7.58. The Bertz CT molecular complexity index is 838. The molecule has 0 spiro atoms. The van der Waals surface area contributed by atoms with Crippen LogP contribution in [0, 0.1) is 6.92 Å². The number of aliphatic imine (C=N–C) groups is 1. The molecule has 0 amide bonds. The summed E-state index contributed by atoms with van der Waals surface area (Å²) in [5.41, 5.74) is 2.16. The molecule has 1 aliphatic carbocycles. The van der Waals surface area contributed by atoms with Crippen LogP contribution in [-0.4, -0.2) is 59.7 Å². The second-order valence-corrected chi connectivity index (χ2v) is 8.14. The second-order valence-electron chi connectivity index (χ2n) is 8.14. The van der Waals surface area contributed by atoms with E-state index < -0.39 is 0 Å². The highest BCUT2D eigenvalue weighted by Crippen LogP contribution is 2.28. The predicted octanol–water partition coefficient (Wildman–Crippen LogP) is 3.20. The maximum absolute atomic E-state index is 6.17. The first-order chi connectivity index (χ1) is 14.7. The van der Waals surface area contributed by atoms with Gasteiger partial charge in [-0.05, 0) is 39.2 Å². The summed E-state index contributed by atoms with van der Waals surface area (Å²) in [6.45, 7) is 10.2. The Labute approximate surface area is 179 Å². The molecular formula is C23H33N5O2. The van der Waals surface area contributed by atoms with Gasteiger partial charge in [0.2, 0.25) is 0 Å². The smallest absolute Gasteiger partial charge is 0.194 e. The van der Waals surface area contributed by atoms with E-state index in [2.05, 4.69) is 45.4 Å². The molecule has 1 N–H and O–H groups in total. The van der Waals surface area contributed by atoms with Crippen LogP contribution in [0.5, 0.6) is 5.75 Å². The van der Waals surface area contributed by atoms with E-state index in [0.717, 1.165) is 68.0 Å². The molecule has 30 heavy (non-hydrogen) atoms. The fourth-order valence-corrected chi connectivity index (χ4v) is 3.84. The van der Waals surface area contributed by atoms with Crippen molar-refractivity contribution in [3.63, 3.8) is 0 Å². The Morgan fingerprint density at radius 2 is 2.03 bits per heavy atom. The minimum Gasteiger partial charge on any atom is -0.490 e. The van der Waals surface area contributed by atoms with Crippen molar-refractivity contribution in [3.8, 4) is 5.75 Å². The SMILES string of the molecule is CCNC(=NCc1ccccc1OC1CCC1)N1CCN(Cc2cc(C)on2)CC1. The molecule has 1 saturated carbocycles. The van der Waals surface area contributed by atoms with Gasteiger partial charge < -0.3 is 19.5 Å². The molecule has 1 saturated heterocycles. The summed E-state index contributed by atoms with van der Waals surface area (Å²) < 4.78 is 11.4. The first kappa shape index (κ1) is 20.7. The molecule has 0 atom stereocenters. The van der Waals surface area contributed by atoms with E-state index in [-0.39, 0.29) is 0 Å². The van der Waals surface area contributed by atoms with Crippen molar-refractivity contribution in [1.29, 1.82) is 0 Å². The van der Waals surface area contributed by atoms with Crippen molar-refractivity contribution in [2.75, 3.05) is 32.7 Å². The Morgan fingerprint density at radius 3 is 2.70 bits per heavy atom. The molecule has 1 aliphatic heterocycles. The van der Waals surface area contributed by atoms with Gasteiger partial charge in [0.1, 0.15) is 11.5 Å². The number of aryl methyl sites for hydroxylation is 1. The Balaban J connectivity index is 1.35. The fraction of sp³-hybridized carbons (Fsp3) is 0.565. The van der Waals surface area contributed by atoms with Gasteiger partial charge >= 0.3 is 0 Å². The summed E-state index contributed by atoms with van der Waals surface area (Å²) in [6.07, 6.45) is 3.99. The lowest BCUT2D eigenvalue weighted by molar-refractivity contribution is 0.119. The van der Waals surface area contributed by atoms with Crippen LogP contribution in [0.15, 0.2) is 39.8 Å². The Kier molecular flexibility index (Phi) is 6.89. The molecule has 1 aromatic heterocycles. The predicted molar refractivity (Wildman–Crippen MR) is 118 cm³/mol. The highest BCUT2D eigenvalue weighted by Gasteiger charge is 2.22. The topological polar surface area (TPSA) is 66.1 Å². The molecule has 2 aliphatic rings. The summed E-state index contributed by atoms with van der Waals surface area (Å²) in [6, 6.07) is 10.3. The van der Waals surface area contributed by atoms with Crippen LogP contribution in [0.4, 0.5) is 0 Å². The lowest BCUT2D eigenvalue weighted by Crippen LogP contribution is -2.52. The van der Waals surface area contributed by atoms with Crippen molar-refractivity contribution >= 4 is 5.96 Å². The van der Waals surface area contributed by atoms with Gasteiger partial charge in [0.05, 0.1) is 18.3 Å². The van der Waals surface area contributed by atoms with Crippen LogP contribution in [0.1, 0.15) is 43.2 Å². The summed E-state index contributed by atoms with van der Waals surface area (Å²) in [4.78, 5) is 9.70. The fourth-order valence-electron chi connectivity index (χ4n) is 3.84. The lowest BCUT2D eigenvalue weighted by atomic mass is 9.96. The number of nitrogens with one attached hydrogen (secondary N) is 1. The van der Waals surface area contributed by atoms with Gasteiger partial charge in [0, 0.05) is 50.9 Å². The Morgan fingerprint density at radius 1 is 1.23 bits per heavy atom. The molecule has 4 rings (SSSR count). The molecule has 2 aromatic rings. The van der Waals surface area contributed by atoms with E-state index in [1.165, 1.54) is 19.3 Å². The minimum atomic E-state index is 0.380. The van der Waals surface area contributed by atoms with Crippen LogP contribution >= 0.6 is 0 Å². The van der Waals surface area contributed by atoms with Gasteiger partial charge in [-0.2, -0.15) is 0 Å². The van der Waals surface area contributed by atoms with E-state index in [0.29, 0.717) is 12.6 Å². The normalized spacial score (nSPS) is 18.3. The van der Waals surface area contributed by atoms with Crippen molar-refractivity contribution in [1.82, 2.24) is 20.3 Å². The van der Waals surface area contributed by atoms with Gasteiger partial charge in [-0.25, -0.2) is 4.99 Å². The molecule has 162 valence electrons. The minimum absolute atomic E-state index is 0.380. The average Bonchev–Trinajstić information content (AvgIpc) is 3.14. The number of hydrogen-bond donors (Lipinski definition) is 1. The number of rotatable bonds is 7. The molecule has 2 heterocycles. The summed E-state index contributed by atoms with van der Waals surface area (Å²) >= 11 is 0. The molecule has 7 heteroatoms. The standard InChI is InChI=1S/C23H33N5O2/c1-3-24-23(25-16-19-7-4-5-10-22(19)29-21-8-6-9-21)28-13-11-27(12-14-28)17-20-15-18(2)30-26-20/h4-5,7,10,15,21H,3,6,8-9,11-14,16-17H2,1-2H3,(H,24,25). The van der Waals surface area contributed by atoms with Crippen LogP contribution in [0.2, 0.25) is 0 Å². The van der Waals surface area contributed by atoms with Gasteiger partial charge in [0.25, 0.3) is 0 Å². The van der Waals surface area contributed by atoms with E-state index in [9.17, 15) is 0 Å². The van der Waals surface area contributed by atoms with Gasteiger partial charge in [-0.1, -0.05) is 23.4 Å². The van der Waals surface area contributed by atoms with Crippen LogP contribution in [-0.2, 0) is 13.1 Å². The molecule has 1 aromatic carbocycles. The molecule has 2 fully saturated rings. The maximum atomic E-state index is 6.17. The number of aromatic nitrogens is 1. The maximum Gasteiger partial charge on any atom is 0.194 e. The number of ether oxygens (including phenoxy) is 1. The van der Waals surface area contributed by atoms with E-state index >= 15 is 0 Å². The first-order valence-corrected chi connectivity index (χ1v) is 11.1. The summed E-state index contributed by atoms with van der Waals surface area (Å²) in [7, 11) is 0. The van der Waals surface area contributed by atoms with Crippen molar-refractivity contribution < 1.29 is 9.26 Å². The number of para-hydroxylation sites is 1. The zero-order chi connectivity index (χ0) is 20.8. The number of piperazine rings is 1. The zero-order valence-electron chi connectivity index (χ0n) is 18.1. The quantitative estimate of drug-likeness (QED) is 0.558. The van der Waals surface area contributed by atoms with Gasteiger partial charge in [-0.3, -0.25) is 4.90 Å². The van der Waals surface area contributed by atoms with Gasteiger partial charge in [0.15, 0.2) is 5.96 Å². The van der Waals surface area contributed by atoms with Crippen molar-refractivity contribution in [2.24, 2.45) is 4.99 Å². The van der Waals surface area contributed by atoms with E-state index in [1.54, 1.807) is 0 Å². The third-order valence-corrected chi connectivity index (χ3v) is 5.79. The molecule has 7 nitrogen and oxygen atoms in total. The zero-order valence-corrected chi connectivity index (χ0v) is 18.1. The monoisotopic (exact) mass is 411 g/mol. The third kappa shape index (κ3) is 5.33. The van der Waals surface area contributed by atoms with Crippen molar-refractivity contribution in [3.05, 3.63) is 47.3 Å². The number of guanidine groups is 1. The number of benzene rings is 1. The highest BCUT2D eigenvalue weighted by atomic mass is 16.5. The number of nitrogens with zero attached hydrogens (tertiary/aromatic N) is 4. The van der Waals surface area contributed by atoms with Crippen LogP contribution in [0.25, 0.3) is 0 Å². The van der Waals surface area contributed by atoms with E-state index in [4.69, 9.17) is 14.3 Å². The molecule has 0 unspecified atom stereocenters. The largest absolute Gasteiger partial charge is 0.490 e. The highest BCUT2D eigenvalue weighted by molar-refractivity contribution is 5.80. The Hall–Kier alpha value is -2.54. The molecular weight excluding hydrogens is 378 g/mol. The number of hydrogen-bond acceptors (Lipinski definition) is 5.